The fraction of sp³-hybridized carbons (Fsp3) is 0.208. The number of aromatic nitrogens is 4. The van der Waals surface area contributed by atoms with Crippen molar-refractivity contribution in [1.82, 2.24) is 19.6 Å². The minimum absolute atomic E-state index is 0.271. The van der Waals surface area contributed by atoms with Crippen molar-refractivity contribution in [3.63, 3.8) is 0 Å². The van der Waals surface area contributed by atoms with Crippen LogP contribution in [0.2, 0.25) is 0 Å². The molecule has 156 valence electrons. The number of benzene rings is 2. The van der Waals surface area contributed by atoms with E-state index < -0.39 is 0 Å². The van der Waals surface area contributed by atoms with Gasteiger partial charge in [0.05, 0.1) is 17.1 Å². The molecule has 0 fully saturated rings. The summed E-state index contributed by atoms with van der Waals surface area (Å²) in [6.07, 6.45) is 2.61. The molecule has 1 amide bonds. The molecule has 4 aromatic rings. The van der Waals surface area contributed by atoms with E-state index in [0.717, 1.165) is 53.2 Å². The topological polar surface area (TPSA) is 64.7 Å². The molecule has 2 aromatic carbocycles. The molecule has 0 radical (unpaired) electrons. The predicted molar refractivity (Wildman–Crippen MR) is 117 cm³/mol. The van der Waals surface area contributed by atoms with Crippen molar-refractivity contribution in [3.8, 4) is 11.4 Å². The van der Waals surface area contributed by atoms with Crippen LogP contribution in [0.5, 0.6) is 0 Å². The van der Waals surface area contributed by atoms with E-state index in [2.05, 4.69) is 15.5 Å². The number of carbonyl (C=O) groups excluding carboxylic acids is 1. The van der Waals surface area contributed by atoms with Gasteiger partial charge in [0.1, 0.15) is 11.6 Å². The molecule has 0 unspecified atom stereocenters. The third-order valence-electron chi connectivity index (χ3n) is 5.57. The SMILES string of the molecule is Cc1ccc(-n2nc(C)cc2NC(=O)c2nn(-c3ccc(F)cc3)c3c2CCC3)cc1. The summed E-state index contributed by atoms with van der Waals surface area (Å²) >= 11 is 0. The van der Waals surface area contributed by atoms with Crippen molar-refractivity contribution in [2.24, 2.45) is 0 Å². The first kappa shape index (κ1) is 19.2. The molecule has 5 rings (SSSR count). The Morgan fingerprint density at radius 3 is 2.35 bits per heavy atom. The first-order valence-electron chi connectivity index (χ1n) is 10.3. The molecule has 0 saturated heterocycles. The summed E-state index contributed by atoms with van der Waals surface area (Å²) in [6.45, 7) is 3.92. The molecule has 1 N–H and O–H groups in total. The van der Waals surface area contributed by atoms with E-state index in [1.165, 1.54) is 12.1 Å². The number of hydrogen-bond donors (Lipinski definition) is 1. The van der Waals surface area contributed by atoms with Crippen molar-refractivity contribution >= 4 is 11.7 Å². The van der Waals surface area contributed by atoms with E-state index in [1.807, 2.05) is 44.2 Å². The average molecular weight is 415 g/mol. The van der Waals surface area contributed by atoms with Gasteiger partial charge in [0, 0.05) is 17.3 Å². The van der Waals surface area contributed by atoms with Crippen molar-refractivity contribution in [3.05, 3.63) is 88.6 Å². The Kier molecular flexibility index (Phi) is 4.66. The van der Waals surface area contributed by atoms with Gasteiger partial charge in [-0.05, 0) is 69.5 Å². The summed E-state index contributed by atoms with van der Waals surface area (Å²) in [5.41, 5.74) is 5.96. The van der Waals surface area contributed by atoms with Crippen LogP contribution in [0.1, 0.15) is 39.4 Å². The molecular formula is C24H22FN5O. The summed E-state index contributed by atoms with van der Waals surface area (Å²) in [4.78, 5) is 13.2. The molecule has 1 aliphatic rings. The largest absolute Gasteiger partial charge is 0.305 e. The molecule has 0 saturated carbocycles. The number of aryl methyl sites for hydroxylation is 2. The molecule has 2 heterocycles. The van der Waals surface area contributed by atoms with Crippen molar-refractivity contribution in [2.45, 2.75) is 33.1 Å². The van der Waals surface area contributed by atoms with Gasteiger partial charge in [-0.3, -0.25) is 4.79 Å². The summed E-state index contributed by atoms with van der Waals surface area (Å²) in [5.74, 6) is 0.0203. The number of nitrogens with zero attached hydrogens (tertiary/aromatic N) is 4. The Morgan fingerprint density at radius 2 is 1.61 bits per heavy atom. The molecule has 31 heavy (non-hydrogen) atoms. The maximum Gasteiger partial charge on any atom is 0.277 e. The van der Waals surface area contributed by atoms with E-state index in [-0.39, 0.29) is 11.7 Å². The first-order valence-corrected chi connectivity index (χ1v) is 10.3. The number of nitrogens with one attached hydrogen (secondary N) is 1. The van der Waals surface area contributed by atoms with E-state index in [9.17, 15) is 9.18 Å². The van der Waals surface area contributed by atoms with Crippen molar-refractivity contribution in [2.75, 3.05) is 5.32 Å². The number of carbonyl (C=O) groups is 1. The molecule has 1 aliphatic carbocycles. The van der Waals surface area contributed by atoms with E-state index >= 15 is 0 Å². The summed E-state index contributed by atoms with van der Waals surface area (Å²) in [6, 6.07) is 16.0. The van der Waals surface area contributed by atoms with Crippen LogP contribution in [-0.2, 0) is 12.8 Å². The van der Waals surface area contributed by atoms with Gasteiger partial charge in [-0.25, -0.2) is 13.8 Å². The van der Waals surface area contributed by atoms with Gasteiger partial charge in [0.2, 0.25) is 0 Å². The molecule has 6 nitrogen and oxygen atoms in total. The second-order valence-corrected chi connectivity index (χ2v) is 7.89. The Morgan fingerprint density at radius 1 is 0.935 bits per heavy atom. The fourth-order valence-electron chi connectivity index (χ4n) is 4.06. The van der Waals surface area contributed by atoms with Crippen LogP contribution in [0, 0.1) is 19.7 Å². The second-order valence-electron chi connectivity index (χ2n) is 7.89. The van der Waals surface area contributed by atoms with Gasteiger partial charge < -0.3 is 5.32 Å². The van der Waals surface area contributed by atoms with Crippen molar-refractivity contribution in [1.29, 1.82) is 0 Å². The minimum Gasteiger partial charge on any atom is -0.305 e. The number of fused-ring (bicyclic) bond motifs is 1. The highest BCUT2D eigenvalue weighted by atomic mass is 19.1. The zero-order valence-electron chi connectivity index (χ0n) is 17.4. The van der Waals surface area contributed by atoms with Gasteiger partial charge in [-0.2, -0.15) is 10.2 Å². The lowest BCUT2D eigenvalue weighted by Crippen LogP contribution is -2.17. The van der Waals surface area contributed by atoms with Crippen LogP contribution in [0.15, 0.2) is 54.6 Å². The predicted octanol–water partition coefficient (Wildman–Crippen LogP) is 4.55. The summed E-state index contributed by atoms with van der Waals surface area (Å²) in [7, 11) is 0. The molecule has 2 aromatic heterocycles. The quantitative estimate of drug-likeness (QED) is 0.532. The minimum atomic E-state index is -0.301. The van der Waals surface area contributed by atoms with E-state index in [1.54, 1.807) is 21.5 Å². The van der Waals surface area contributed by atoms with Gasteiger partial charge in [-0.15, -0.1) is 0 Å². The second kappa shape index (κ2) is 7.50. The number of hydrogen-bond acceptors (Lipinski definition) is 3. The summed E-state index contributed by atoms with van der Waals surface area (Å²) < 4.78 is 16.8. The van der Waals surface area contributed by atoms with Gasteiger partial charge >= 0.3 is 0 Å². The number of rotatable bonds is 4. The molecule has 0 aliphatic heterocycles. The van der Waals surface area contributed by atoms with Crippen LogP contribution < -0.4 is 5.32 Å². The Labute approximate surface area is 179 Å². The lowest BCUT2D eigenvalue weighted by atomic mass is 10.2. The highest BCUT2D eigenvalue weighted by molar-refractivity contribution is 6.04. The highest BCUT2D eigenvalue weighted by Crippen LogP contribution is 2.29. The zero-order chi connectivity index (χ0) is 21.5. The van der Waals surface area contributed by atoms with E-state index in [0.29, 0.717) is 11.5 Å². The maximum absolute atomic E-state index is 13.4. The van der Waals surface area contributed by atoms with Crippen LogP contribution in [0.3, 0.4) is 0 Å². The number of anilines is 1. The van der Waals surface area contributed by atoms with Crippen LogP contribution in [0.25, 0.3) is 11.4 Å². The molecular weight excluding hydrogens is 393 g/mol. The third kappa shape index (κ3) is 3.52. The van der Waals surface area contributed by atoms with Gasteiger partial charge in [0.25, 0.3) is 5.91 Å². The highest BCUT2D eigenvalue weighted by Gasteiger charge is 2.27. The van der Waals surface area contributed by atoms with Gasteiger partial charge in [-0.1, -0.05) is 17.7 Å². The number of halogens is 1. The monoisotopic (exact) mass is 415 g/mol. The molecule has 0 bridgehead atoms. The zero-order valence-corrected chi connectivity index (χ0v) is 17.4. The smallest absolute Gasteiger partial charge is 0.277 e. The molecule has 7 heteroatoms. The fourth-order valence-corrected chi connectivity index (χ4v) is 4.06. The Hall–Kier alpha value is -3.74. The van der Waals surface area contributed by atoms with Crippen molar-refractivity contribution < 1.29 is 9.18 Å². The van der Waals surface area contributed by atoms with E-state index in [4.69, 9.17) is 0 Å². The maximum atomic E-state index is 13.4. The van der Waals surface area contributed by atoms with Crippen LogP contribution >= 0.6 is 0 Å². The average Bonchev–Trinajstić information content (AvgIpc) is 3.45. The van der Waals surface area contributed by atoms with Crippen LogP contribution in [-0.4, -0.2) is 25.5 Å². The number of amides is 1. The first-order chi connectivity index (χ1) is 15.0. The lowest BCUT2D eigenvalue weighted by Gasteiger charge is -2.09. The third-order valence-corrected chi connectivity index (χ3v) is 5.57. The van der Waals surface area contributed by atoms with Crippen LogP contribution in [0.4, 0.5) is 10.2 Å². The lowest BCUT2D eigenvalue weighted by molar-refractivity contribution is 0.102. The van der Waals surface area contributed by atoms with Gasteiger partial charge in [0.15, 0.2) is 5.69 Å². The standard InChI is InChI=1S/C24H22FN5O/c1-15-6-10-19(11-7-15)30-22(14-16(2)27-30)26-24(31)23-20-4-3-5-21(20)29(28-23)18-12-8-17(25)9-13-18/h6-14H,3-5H2,1-2H3,(H,26,31). The molecule has 0 spiro atoms. The normalized spacial score (nSPS) is 12.7. The Bertz CT molecular complexity index is 1270. The summed E-state index contributed by atoms with van der Waals surface area (Å²) in [5, 5.41) is 12.1. The molecule has 0 atom stereocenters. The Balaban J connectivity index is 1.49.